The summed E-state index contributed by atoms with van der Waals surface area (Å²) in [5, 5.41) is 3.07. The van der Waals surface area contributed by atoms with Crippen LogP contribution in [0.4, 0.5) is 11.4 Å². The summed E-state index contributed by atoms with van der Waals surface area (Å²) in [5.41, 5.74) is 2.21. The zero-order valence-electron chi connectivity index (χ0n) is 12.0. The topological polar surface area (TPSA) is 35.6 Å². The van der Waals surface area contributed by atoms with Crippen LogP contribution in [0.3, 0.4) is 0 Å². The molecule has 4 heteroatoms. The molecule has 1 amide bonds. The first-order chi connectivity index (χ1) is 9.19. The Morgan fingerprint density at radius 2 is 2.00 bits per heavy atom. The van der Waals surface area contributed by atoms with Crippen molar-refractivity contribution in [2.24, 2.45) is 5.92 Å². The number of rotatable bonds is 4. The molecule has 1 aromatic rings. The Labute approximate surface area is 115 Å². The molecule has 1 aliphatic heterocycles. The number of hydrogen-bond acceptors (Lipinski definition) is 3. The smallest absolute Gasteiger partial charge is 0.231 e. The summed E-state index contributed by atoms with van der Waals surface area (Å²) >= 11 is 0. The van der Waals surface area contributed by atoms with E-state index in [1.165, 1.54) is 5.69 Å². The average molecular weight is 261 g/mol. The van der Waals surface area contributed by atoms with Crippen LogP contribution in [0.2, 0.25) is 0 Å². The van der Waals surface area contributed by atoms with Gasteiger partial charge in [0.1, 0.15) is 0 Å². The molecule has 0 aromatic heterocycles. The standard InChI is InChI=1S/C15H23N3O/c1-4-17-9-10-18(15(19)12(2)11-16-3)14-8-6-5-7-13(14)17/h5-8,12,16H,4,9-11H2,1-3H3. The van der Waals surface area contributed by atoms with Crippen molar-refractivity contribution in [3.63, 3.8) is 0 Å². The van der Waals surface area contributed by atoms with Crippen LogP contribution in [-0.4, -0.2) is 39.1 Å². The Kier molecular flexibility index (Phi) is 4.43. The minimum atomic E-state index is 0.00577. The molecular formula is C15H23N3O. The SMILES string of the molecule is CCN1CCN(C(=O)C(C)CNC)c2ccccc21. The lowest BCUT2D eigenvalue weighted by atomic mass is 10.1. The molecule has 104 valence electrons. The number of likely N-dealkylation sites (N-methyl/N-ethyl adjacent to an activating group) is 1. The zero-order chi connectivity index (χ0) is 13.8. The number of nitrogens with one attached hydrogen (secondary N) is 1. The third kappa shape index (κ3) is 2.73. The fourth-order valence-corrected chi connectivity index (χ4v) is 2.64. The van der Waals surface area contributed by atoms with Crippen LogP contribution in [0.15, 0.2) is 24.3 Å². The molecule has 0 aliphatic carbocycles. The number of carbonyl (C=O) groups excluding carboxylic acids is 1. The lowest BCUT2D eigenvalue weighted by molar-refractivity contribution is -0.121. The molecule has 1 heterocycles. The molecule has 2 rings (SSSR count). The summed E-state index contributed by atoms with van der Waals surface area (Å²) < 4.78 is 0. The molecule has 0 saturated heterocycles. The van der Waals surface area contributed by atoms with Gasteiger partial charge < -0.3 is 15.1 Å². The Balaban J connectivity index is 2.27. The Bertz CT molecular complexity index is 447. The van der Waals surface area contributed by atoms with Gasteiger partial charge >= 0.3 is 0 Å². The predicted octanol–water partition coefficient (Wildman–Crippen LogP) is 1.71. The second-order valence-electron chi connectivity index (χ2n) is 5.02. The summed E-state index contributed by atoms with van der Waals surface area (Å²) in [6, 6.07) is 8.18. The van der Waals surface area contributed by atoms with Crippen molar-refractivity contribution >= 4 is 17.3 Å². The van der Waals surface area contributed by atoms with Gasteiger partial charge in [-0.3, -0.25) is 4.79 Å². The van der Waals surface area contributed by atoms with E-state index in [1.807, 2.05) is 37.1 Å². The molecule has 19 heavy (non-hydrogen) atoms. The highest BCUT2D eigenvalue weighted by atomic mass is 16.2. The van der Waals surface area contributed by atoms with Crippen molar-refractivity contribution in [3.05, 3.63) is 24.3 Å². The monoisotopic (exact) mass is 261 g/mol. The first-order valence-electron chi connectivity index (χ1n) is 6.99. The minimum Gasteiger partial charge on any atom is -0.368 e. The third-order valence-corrected chi connectivity index (χ3v) is 3.69. The van der Waals surface area contributed by atoms with E-state index in [2.05, 4.69) is 23.2 Å². The van der Waals surface area contributed by atoms with Crippen molar-refractivity contribution in [3.8, 4) is 0 Å². The number of anilines is 2. The highest BCUT2D eigenvalue weighted by molar-refractivity contribution is 5.99. The van der Waals surface area contributed by atoms with Gasteiger partial charge in [0.15, 0.2) is 0 Å². The predicted molar refractivity (Wildman–Crippen MR) is 79.8 cm³/mol. The maximum Gasteiger partial charge on any atom is 0.231 e. The second-order valence-corrected chi connectivity index (χ2v) is 5.02. The summed E-state index contributed by atoms with van der Waals surface area (Å²) in [6.07, 6.45) is 0. The van der Waals surface area contributed by atoms with E-state index in [9.17, 15) is 4.79 Å². The van der Waals surface area contributed by atoms with Gasteiger partial charge in [-0.1, -0.05) is 19.1 Å². The largest absolute Gasteiger partial charge is 0.368 e. The number of hydrogen-bond donors (Lipinski definition) is 1. The molecule has 0 fully saturated rings. The van der Waals surface area contributed by atoms with E-state index in [0.29, 0.717) is 0 Å². The first-order valence-corrected chi connectivity index (χ1v) is 6.99. The molecule has 1 N–H and O–H groups in total. The van der Waals surface area contributed by atoms with E-state index in [1.54, 1.807) is 0 Å². The first kappa shape index (κ1) is 13.9. The lowest BCUT2D eigenvalue weighted by Crippen LogP contribution is -2.47. The fourth-order valence-electron chi connectivity index (χ4n) is 2.64. The van der Waals surface area contributed by atoms with Gasteiger partial charge in [-0.25, -0.2) is 0 Å². The number of benzene rings is 1. The number of para-hydroxylation sites is 2. The van der Waals surface area contributed by atoms with Gasteiger partial charge in [0.25, 0.3) is 0 Å². The summed E-state index contributed by atoms with van der Waals surface area (Å²) in [7, 11) is 1.88. The highest BCUT2D eigenvalue weighted by Crippen LogP contribution is 2.33. The number of amides is 1. The van der Waals surface area contributed by atoms with Crippen LogP contribution in [0.1, 0.15) is 13.8 Å². The summed E-state index contributed by atoms with van der Waals surface area (Å²) in [6.45, 7) is 7.51. The van der Waals surface area contributed by atoms with Gasteiger partial charge in [0.2, 0.25) is 5.91 Å². The van der Waals surface area contributed by atoms with Crippen LogP contribution in [0.25, 0.3) is 0 Å². The van der Waals surface area contributed by atoms with Crippen LogP contribution < -0.4 is 15.1 Å². The van der Waals surface area contributed by atoms with Crippen molar-refractivity contribution in [2.45, 2.75) is 13.8 Å². The van der Waals surface area contributed by atoms with E-state index in [-0.39, 0.29) is 11.8 Å². The summed E-state index contributed by atoms with van der Waals surface area (Å²) in [5.74, 6) is 0.212. The van der Waals surface area contributed by atoms with Crippen molar-refractivity contribution < 1.29 is 4.79 Å². The molecule has 0 radical (unpaired) electrons. The summed E-state index contributed by atoms with van der Waals surface area (Å²) in [4.78, 5) is 16.8. The third-order valence-electron chi connectivity index (χ3n) is 3.69. The van der Waals surface area contributed by atoms with E-state index in [0.717, 1.165) is 31.9 Å². The molecule has 1 aromatic carbocycles. The van der Waals surface area contributed by atoms with Gasteiger partial charge in [-0.2, -0.15) is 0 Å². The number of fused-ring (bicyclic) bond motifs is 1. The van der Waals surface area contributed by atoms with Crippen molar-refractivity contribution in [1.82, 2.24) is 5.32 Å². The maximum absolute atomic E-state index is 12.5. The van der Waals surface area contributed by atoms with E-state index < -0.39 is 0 Å². The highest BCUT2D eigenvalue weighted by Gasteiger charge is 2.28. The van der Waals surface area contributed by atoms with E-state index in [4.69, 9.17) is 0 Å². The lowest BCUT2D eigenvalue weighted by Gasteiger charge is -2.38. The number of carbonyl (C=O) groups is 1. The van der Waals surface area contributed by atoms with Gasteiger partial charge in [-0.15, -0.1) is 0 Å². The van der Waals surface area contributed by atoms with Gasteiger partial charge in [0, 0.05) is 32.1 Å². The van der Waals surface area contributed by atoms with Crippen molar-refractivity contribution in [2.75, 3.05) is 43.0 Å². The van der Waals surface area contributed by atoms with Crippen LogP contribution in [0.5, 0.6) is 0 Å². The normalized spacial score (nSPS) is 16.2. The van der Waals surface area contributed by atoms with Crippen molar-refractivity contribution in [1.29, 1.82) is 0 Å². The molecule has 4 nitrogen and oxygen atoms in total. The second kappa shape index (κ2) is 6.06. The molecule has 1 unspecified atom stereocenters. The molecule has 0 spiro atoms. The van der Waals surface area contributed by atoms with Gasteiger partial charge in [-0.05, 0) is 26.1 Å². The van der Waals surface area contributed by atoms with Gasteiger partial charge in [0.05, 0.1) is 11.4 Å². The minimum absolute atomic E-state index is 0.00577. The average Bonchev–Trinajstić information content (AvgIpc) is 2.45. The molecule has 1 atom stereocenters. The van der Waals surface area contributed by atoms with Crippen LogP contribution in [0, 0.1) is 5.92 Å². The Morgan fingerprint density at radius 1 is 1.32 bits per heavy atom. The van der Waals surface area contributed by atoms with Crippen LogP contribution >= 0.6 is 0 Å². The fraction of sp³-hybridized carbons (Fsp3) is 0.533. The van der Waals surface area contributed by atoms with E-state index >= 15 is 0 Å². The zero-order valence-corrected chi connectivity index (χ0v) is 12.0. The quantitative estimate of drug-likeness (QED) is 0.896. The van der Waals surface area contributed by atoms with Crippen LogP contribution in [-0.2, 0) is 4.79 Å². The Morgan fingerprint density at radius 3 is 2.63 bits per heavy atom. The molecule has 0 saturated carbocycles. The molecular weight excluding hydrogens is 238 g/mol. The number of nitrogens with zero attached hydrogens (tertiary/aromatic N) is 2. The molecule has 0 bridgehead atoms. The maximum atomic E-state index is 12.5. The molecule has 1 aliphatic rings. The Hall–Kier alpha value is -1.55.